The zero-order valence-corrected chi connectivity index (χ0v) is 16.9. The molecule has 2 heterocycles. The number of fused-ring (bicyclic) bond motifs is 1. The van der Waals surface area contributed by atoms with Gasteiger partial charge in [-0.2, -0.15) is 0 Å². The lowest BCUT2D eigenvalue weighted by Gasteiger charge is -2.13. The molecule has 0 bridgehead atoms. The van der Waals surface area contributed by atoms with E-state index >= 15 is 0 Å². The lowest BCUT2D eigenvalue weighted by molar-refractivity contribution is 0.102. The summed E-state index contributed by atoms with van der Waals surface area (Å²) in [7, 11) is 0. The van der Waals surface area contributed by atoms with Gasteiger partial charge in [0.2, 0.25) is 0 Å². The third kappa shape index (κ3) is 4.18. The largest absolute Gasteiger partial charge is 0.485 e. The number of hydrogen-bond acceptors (Lipinski definition) is 4. The minimum atomic E-state index is -0.248. The topological polar surface area (TPSA) is 72.7 Å². The molecule has 2 aromatic carbocycles. The molecule has 2 aromatic heterocycles. The number of benzene rings is 2. The first-order valence-electron chi connectivity index (χ1n) is 9.28. The predicted octanol–water partition coefficient (Wildman–Crippen LogP) is 4.49. The van der Waals surface area contributed by atoms with E-state index < -0.39 is 0 Å². The summed E-state index contributed by atoms with van der Waals surface area (Å²) < 4.78 is 7.24. The summed E-state index contributed by atoms with van der Waals surface area (Å²) in [6.45, 7) is 1.96. The van der Waals surface area contributed by atoms with Crippen LogP contribution in [0, 0.1) is 6.92 Å². The zero-order valence-electron chi connectivity index (χ0n) is 16.1. The molecule has 0 spiro atoms. The first kappa shape index (κ1) is 19.7. The Bertz CT molecular complexity index is 1300. The highest BCUT2D eigenvalue weighted by atomic mass is 35.5. The Kier molecular flexibility index (Phi) is 5.50. The van der Waals surface area contributed by atoms with Gasteiger partial charge < -0.3 is 10.1 Å². The Morgan fingerprint density at radius 2 is 1.87 bits per heavy atom. The van der Waals surface area contributed by atoms with E-state index in [-0.39, 0.29) is 18.1 Å². The number of carbonyl (C=O) groups is 1. The highest BCUT2D eigenvalue weighted by molar-refractivity contribution is 6.30. The number of halogens is 1. The summed E-state index contributed by atoms with van der Waals surface area (Å²) in [6.07, 6.45) is 1.52. The molecule has 0 aliphatic carbocycles. The Labute approximate surface area is 177 Å². The third-order valence-corrected chi connectivity index (χ3v) is 4.80. The number of pyridine rings is 1. The maximum atomic E-state index is 12.6. The number of nitrogens with zero attached hydrogens (tertiary/aromatic N) is 2. The van der Waals surface area contributed by atoms with Gasteiger partial charge in [-0.05, 0) is 42.8 Å². The van der Waals surface area contributed by atoms with E-state index in [0.29, 0.717) is 33.4 Å². The molecule has 0 unspecified atom stereocenters. The minimum Gasteiger partial charge on any atom is -0.485 e. The summed E-state index contributed by atoms with van der Waals surface area (Å²) in [5.74, 6) is 0.264. The second kappa shape index (κ2) is 8.39. The Balaban J connectivity index is 1.54. The zero-order chi connectivity index (χ0) is 21.1. The summed E-state index contributed by atoms with van der Waals surface area (Å²) in [5, 5.41) is 3.34. The van der Waals surface area contributed by atoms with E-state index in [2.05, 4.69) is 10.3 Å². The molecular weight excluding hydrogens is 402 g/mol. The molecule has 4 aromatic rings. The van der Waals surface area contributed by atoms with Gasteiger partial charge in [0.25, 0.3) is 11.5 Å². The van der Waals surface area contributed by atoms with Crippen LogP contribution in [0.2, 0.25) is 5.02 Å². The highest BCUT2D eigenvalue weighted by Gasteiger charge is 2.12. The molecule has 0 atom stereocenters. The Morgan fingerprint density at radius 3 is 2.70 bits per heavy atom. The minimum absolute atomic E-state index is 0.0750. The van der Waals surface area contributed by atoms with Crippen molar-refractivity contribution in [3.63, 3.8) is 0 Å². The average Bonchev–Trinajstić information content (AvgIpc) is 2.74. The number of para-hydroxylation sites is 2. The maximum absolute atomic E-state index is 12.6. The number of amides is 1. The molecular formula is C23H18ClN3O3. The van der Waals surface area contributed by atoms with Crippen LogP contribution in [0.15, 0.2) is 77.7 Å². The standard InChI is InChI=1S/C23H18ClN3O3/c1-15-6-2-3-7-18(15)23(29)26-19-8-4-5-9-20(19)30-14-17-12-22(28)27-13-16(24)10-11-21(27)25-17/h2-13H,14H2,1H3,(H,26,29). The Morgan fingerprint density at radius 1 is 1.10 bits per heavy atom. The van der Waals surface area contributed by atoms with Crippen LogP contribution < -0.4 is 15.6 Å². The fraction of sp³-hybridized carbons (Fsp3) is 0.0870. The van der Waals surface area contributed by atoms with Crippen LogP contribution in [0.25, 0.3) is 5.65 Å². The summed E-state index contributed by atoms with van der Waals surface area (Å²) >= 11 is 5.94. The molecule has 7 heteroatoms. The predicted molar refractivity (Wildman–Crippen MR) is 116 cm³/mol. The third-order valence-electron chi connectivity index (χ3n) is 4.58. The number of carbonyl (C=O) groups excluding carboxylic acids is 1. The molecule has 150 valence electrons. The maximum Gasteiger partial charge on any atom is 0.258 e. The van der Waals surface area contributed by atoms with Gasteiger partial charge in [-0.25, -0.2) is 4.98 Å². The fourth-order valence-corrected chi connectivity index (χ4v) is 3.23. The number of aryl methyl sites for hydroxylation is 1. The van der Waals surface area contributed by atoms with Crippen molar-refractivity contribution >= 4 is 28.8 Å². The van der Waals surface area contributed by atoms with Gasteiger partial charge >= 0.3 is 0 Å². The molecule has 4 rings (SSSR count). The van der Waals surface area contributed by atoms with Crippen molar-refractivity contribution in [3.8, 4) is 5.75 Å². The van der Waals surface area contributed by atoms with Crippen molar-refractivity contribution in [2.45, 2.75) is 13.5 Å². The van der Waals surface area contributed by atoms with Gasteiger partial charge in [-0.3, -0.25) is 14.0 Å². The molecule has 0 saturated heterocycles. The number of nitrogens with one attached hydrogen (secondary N) is 1. The van der Waals surface area contributed by atoms with Crippen molar-refractivity contribution in [2.75, 3.05) is 5.32 Å². The van der Waals surface area contributed by atoms with Gasteiger partial charge in [0, 0.05) is 17.8 Å². The summed E-state index contributed by atoms with van der Waals surface area (Å²) in [6, 6.07) is 19.2. The molecule has 30 heavy (non-hydrogen) atoms. The van der Waals surface area contributed by atoms with E-state index in [1.54, 1.807) is 30.3 Å². The first-order chi connectivity index (χ1) is 14.5. The number of hydrogen-bond donors (Lipinski definition) is 1. The van der Waals surface area contributed by atoms with E-state index in [9.17, 15) is 9.59 Å². The van der Waals surface area contributed by atoms with Crippen molar-refractivity contribution in [3.05, 3.63) is 105 Å². The fourth-order valence-electron chi connectivity index (χ4n) is 3.06. The molecule has 0 fully saturated rings. The molecule has 1 N–H and O–H groups in total. The first-order valence-corrected chi connectivity index (χ1v) is 9.66. The van der Waals surface area contributed by atoms with Gasteiger partial charge in [0.1, 0.15) is 18.0 Å². The van der Waals surface area contributed by atoms with Crippen LogP contribution in [0.1, 0.15) is 21.6 Å². The monoisotopic (exact) mass is 419 g/mol. The lowest BCUT2D eigenvalue weighted by Crippen LogP contribution is -2.17. The second-order valence-corrected chi connectivity index (χ2v) is 7.15. The molecule has 0 aliphatic heterocycles. The molecule has 1 amide bonds. The van der Waals surface area contributed by atoms with Crippen molar-refractivity contribution < 1.29 is 9.53 Å². The van der Waals surface area contributed by atoms with Crippen LogP contribution in [0.5, 0.6) is 5.75 Å². The van der Waals surface area contributed by atoms with Gasteiger partial charge in [0.05, 0.1) is 16.4 Å². The SMILES string of the molecule is Cc1ccccc1C(=O)Nc1ccccc1OCc1cc(=O)n2cc(Cl)ccc2n1. The van der Waals surface area contributed by atoms with Crippen LogP contribution in [-0.2, 0) is 6.61 Å². The quantitative estimate of drug-likeness (QED) is 0.517. The lowest BCUT2D eigenvalue weighted by atomic mass is 10.1. The second-order valence-electron chi connectivity index (χ2n) is 6.72. The van der Waals surface area contributed by atoms with Gasteiger partial charge in [-0.15, -0.1) is 0 Å². The highest BCUT2D eigenvalue weighted by Crippen LogP contribution is 2.25. The molecule has 0 radical (unpaired) electrons. The van der Waals surface area contributed by atoms with Crippen molar-refractivity contribution in [1.82, 2.24) is 9.38 Å². The van der Waals surface area contributed by atoms with Crippen LogP contribution in [0.4, 0.5) is 5.69 Å². The Hall–Kier alpha value is -3.64. The van der Waals surface area contributed by atoms with E-state index in [1.807, 2.05) is 37.3 Å². The average molecular weight is 420 g/mol. The number of rotatable bonds is 5. The molecule has 0 aliphatic rings. The van der Waals surface area contributed by atoms with Gasteiger partial charge in [-0.1, -0.05) is 41.9 Å². The van der Waals surface area contributed by atoms with E-state index in [1.165, 1.54) is 16.7 Å². The van der Waals surface area contributed by atoms with Crippen LogP contribution in [0.3, 0.4) is 0 Å². The molecule has 0 saturated carbocycles. The van der Waals surface area contributed by atoms with Crippen molar-refractivity contribution in [1.29, 1.82) is 0 Å². The summed E-state index contributed by atoms with van der Waals surface area (Å²) in [5.41, 5.74) is 2.72. The number of ether oxygens (including phenoxy) is 1. The van der Waals surface area contributed by atoms with Crippen LogP contribution >= 0.6 is 11.6 Å². The smallest absolute Gasteiger partial charge is 0.258 e. The van der Waals surface area contributed by atoms with Gasteiger partial charge in [0.15, 0.2) is 0 Å². The molecule has 6 nitrogen and oxygen atoms in total. The number of anilines is 1. The normalized spacial score (nSPS) is 10.7. The van der Waals surface area contributed by atoms with E-state index in [4.69, 9.17) is 16.3 Å². The van der Waals surface area contributed by atoms with E-state index in [0.717, 1.165) is 5.56 Å². The van der Waals surface area contributed by atoms with Crippen LogP contribution in [-0.4, -0.2) is 15.3 Å². The number of aromatic nitrogens is 2. The van der Waals surface area contributed by atoms with Crippen molar-refractivity contribution in [2.24, 2.45) is 0 Å². The summed E-state index contributed by atoms with van der Waals surface area (Å²) in [4.78, 5) is 29.4.